The molecule has 1 saturated heterocycles. The fourth-order valence-electron chi connectivity index (χ4n) is 1.37. The molecule has 0 aliphatic carbocycles. The minimum Gasteiger partial charge on any atom is -0.325 e. The Morgan fingerprint density at radius 3 is 3.00 bits per heavy atom. The van der Waals surface area contributed by atoms with Crippen molar-refractivity contribution in [3.05, 3.63) is 12.4 Å². The Balaban J connectivity index is 2.16. The van der Waals surface area contributed by atoms with Gasteiger partial charge in [0.05, 0.1) is 12.2 Å². The van der Waals surface area contributed by atoms with Crippen LogP contribution in [-0.2, 0) is 0 Å². The van der Waals surface area contributed by atoms with Gasteiger partial charge in [-0.25, -0.2) is 4.68 Å². The van der Waals surface area contributed by atoms with Gasteiger partial charge in [-0.05, 0) is 0 Å². The molecular weight excluding hydrogens is 142 g/mol. The predicted octanol–water partition coefficient (Wildman–Crippen LogP) is -1.25. The molecule has 5 heteroatoms. The van der Waals surface area contributed by atoms with Crippen molar-refractivity contribution in [3.63, 3.8) is 0 Å². The van der Waals surface area contributed by atoms with E-state index >= 15 is 0 Å². The molecule has 2 unspecified atom stereocenters. The lowest BCUT2D eigenvalue weighted by Gasteiger charge is -2.12. The molecule has 2 heterocycles. The normalized spacial score (nSPS) is 31.0. The number of rotatable bonds is 1. The van der Waals surface area contributed by atoms with Gasteiger partial charge in [0.2, 0.25) is 0 Å². The molecule has 2 rings (SSSR count). The lowest BCUT2D eigenvalue weighted by molar-refractivity contribution is 0.435. The van der Waals surface area contributed by atoms with E-state index in [1.54, 1.807) is 6.20 Å². The quantitative estimate of drug-likeness (QED) is 0.529. The first-order valence-electron chi connectivity index (χ1n) is 3.70. The van der Waals surface area contributed by atoms with E-state index in [9.17, 15) is 0 Å². The minimum atomic E-state index is 0.164. The van der Waals surface area contributed by atoms with Crippen molar-refractivity contribution >= 4 is 0 Å². The largest absolute Gasteiger partial charge is 0.325 e. The second-order valence-electron chi connectivity index (χ2n) is 2.77. The third-order valence-electron chi connectivity index (χ3n) is 2.01. The number of nitrogens with one attached hydrogen (secondary N) is 1. The summed E-state index contributed by atoms with van der Waals surface area (Å²) in [5.74, 6) is 0. The lowest BCUT2D eigenvalue weighted by Crippen LogP contribution is -2.31. The van der Waals surface area contributed by atoms with Gasteiger partial charge in [-0.3, -0.25) is 0 Å². The van der Waals surface area contributed by atoms with Crippen LogP contribution in [0.5, 0.6) is 0 Å². The maximum atomic E-state index is 5.82. The fraction of sp³-hybridized carbons (Fsp3) is 0.667. The molecule has 11 heavy (non-hydrogen) atoms. The third kappa shape index (κ3) is 1.12. The van der Waals surface area contributed by atoms with Gasteiger partial charge in [0.1, 0.15) is 0 Å². The summed E-state index contributed by atoms with van der Waals surface area (Å²) in [4.78, 5) is 0. The summed E-state index contributed by atoms with van der Waals surface area (Å²) in [6.45, 7) is 1.76. The highest BCUT2D eigenvalue weighted by molar-refractivity contribution is 4.88. The topological polar surface area (TPSA) is 68.8 Å². The Hall–Kier alpha value is -0.940. The standard InChI is InChI=1S/C6H11N5/c7-5-3-8-4-6(5)11-2-1-9-10-11/h1-2,5-6,8H,3-4,7H2. The number of hydrogen-bond acceptors (Lipinski definition) is 4. The van der Waals surface area contributed by atoms with Gasteiger partial charge in [0.25, 0.3) is 0 Å². The second-order valence-corrected chi connectivity index (χ2v) is 2.77. The highest BCUT2D eigenvalue weighted by Crippen LogP contribution is 2.10. The van der Waals surface area contributed by atoms with E-state index in [2.05, 4.69) is 15.6 Å². The summed E-state index contributed by atoms with van der Waals surface area (Å²) >= 11 is 0. The van der Waals surface area contributed by atoms with Crippen LogP contribution in [0.1, 0.15) is 6.04 Å². The van der Waals surface area contributed by atoms with Crippen LogP contribution in [0.2, 0.25) is 0 Å². The monoisotopic (exact) mass is 153 g/mol. The summed E-state index contributed by atoms with van der Waals surface area (Å²) in [7, 11) is 0. The molecule has 1 aliphatic rings. The molecule has 1 aromatic heterocycles. The molecule has 0 radical (unpaired) electrons. The van der Waals surface area contributed by atoms with Crippen molar-refractivity contribution in [2.24, 2.45) is 5.73 Å². The fourth-order valence-corrected chi connectivity index (χ4v) is 1.37. The molecule has 1 aromatic rings. The summed E-state index contributed by atoms with van der Waals surface area (Å²) in [5.41, 5.74) is 5.82. The molecule has 0 spiro atoms. The van der Waals surface area contributed by atoms with E-state index in [1.165, 1.54) is 0 Å². The molecule has 5 nitrogen and oxygen atoms in total. The van der Waals surface area contributed by atoms with Gasteiger partial charge in [0, 0.05) is 25.3 Å². The molecule has 0 bridgehead atoms. The zero-order chi connectivity index (χ0) is 7.68. The van der Waals surface area contributed by atoms with E-state index in [4.69, 9.17) is 5.73 Å². The van der Waals surface area contributed by atoms with Gasteiger partial charge in [-0.15, -0.1) is 5.10 Å². The first-order chi connectivity index (χ1) is 5.38. The molecule has 2 atom stereocenters. The Bertz CT molecular complexity index is 219. The van der Waals surface area contributed by atoms with E-state index in [1.807, 2.05) is 10.9 Å². The van der Waals surface area contributed by atoms with Crippen molar-refractivity contribution in [2.45, 2.75) is 12.1 Å². The minimum absolute atomic E-state index is 0.164. The van der Waals surface area contributed by atoms with Crippen LogP contribution in [0.25, 0.3) is 0 Å². The Kier molecular flexibility index (Phi) is 1.59. The van der Waals surface area contributed by atoms with E-state index < -0.39 is 0 Å². The predicted molar refractivity (Wildman–Crippen MR) is 39.9 cm³/mol. The van der Waals surface area contributed by atoms with Gasteiger partial charge in [0.15, 0.2) is 0 Å². The zero-order valence-corrected chi connectivity index (χ0v) is 6.14. The van der Waals surface area contributed by atoms with E-state index in [-0.39, 0.29) is 12.1 Å². The van der Waals surface area contributed by atoms with Crippen molar-refractivity contribution in [2.75, 3.05) is 13.1 Å². The van der Waals surface area contributed by atoms with Crippen LogP contribution < -0.4 is 11.1 Å². The molecule has 60 valence electrons. The van der Waals surface area contributed by atoms with Crippen LogP contribution in [0.3, 0.4) is 0 Å². The highest BCUT2D eigenvalue weighted by Gasteiger charge is 2.25. The first kappa shape index (κ1) is 6.75. The summed E-state index contributed by atoms with van der Waals surface area (Å²) in [6, 6.07) is 0.439. The van der Waals surface area contributed by atoms with Gasteiger partial charge in [-0.2, -0.15) is 0 Å². The third-order valence-corrected chi connectivity index (χ3v) is 2.01. The van der Waals surface area contributed by atoms with Crippen molar-refractivity contribution in [3.8, 4) is 0 Å². The Morgan fingerprint density at radius 2 is 2.45 bits per heavy atom. The Labute approximate surface area is 64.6 Å². The number of nitrogens with two attached hydrogens (primary N) is 1. The molecule has 1 fully saturated rings. The average molecular weight is 153 g/mol. The van der Waals surface area contributed by atoms with E-state index in [0.29, 0.717) is 0 Å². The second kappa shape index (κ2) is 2.60. The van der Waals surface area contributed by atoms with Gasteiger partial charge >= 0.3 is 0 Å². The van der Waals surface area contributed by atoms with Crippen LogP contribution in [-0.4, -0.2) is 34.1 Å². The molecule has 0 amide bonds. The van der Waals surface area contributed by atoms with Gasteiger partial charge in [-0.1, -0.05) is 5.21 Å². The molecule has 3 N–H and O–H groups in total. The van der Waals surface area contributed by atoms with Crippen LogP contribution >= 0.6 is 0 Å². The summed E-state index contributed by atoms with van der Waals surface area (Å²) in [6.07, 6.45) is 3.52. The van der Waals surface area contributed by atoms with Crippen LogP contribution in [0.15, 0.2) is 12.4 Å². The molecular formula is C6H11N5. The smallest absolute Gasteiger partial charge is 0.0824 e. The van der Waals surface area contributed by atoms with Crippen molar-refractivity contribution in [1.82, 2.24) is 20.3 Å². The molecule has 0 saturated carbocycles. The maximum Gasteiger partial charge on any atom is 0.0824 e. The lowest BCUT2D eigenvalue weighted by atomic mass is 10.2. The molecule has 0 aromatic carbocycles. The SMILES string of the molecule is NC1CNCC1n1ccnn1. The van der Waals surface area contributed by atoms with E-state index in [0.717, 1.165) is 13.1 Å². The Morgan fingerprint density at radius 1 is 1.55 bits per heavy atom. The number of hydrogen-bond donors (Lipinski definition) is 2. The maximum absolute atomic E-state index is 5.82. The summed E-state index contributed by atoms with van der Waals surface area (Å²) in [5, 5.41) is 10.8. The summed E-state index contributed by atoms with van der Waals surface area (Å²) < 4.78 is 1.81. The molecule has 1 aliphatic heterocycles. The average Bonchev–Trinajstić information content (AvgIpc) is 2.55. The zero-order valence-electron chi connectivity index (χ0n) is 6.14. The van der Waals surface area contributed by atoms with Crippen LogP contribution in [0.4, 0.5) is 0 Å². The van der Waals surface area contributed by atoms with Gasteiger partial charge < -0.3 is 11.1 Å². The first-order valence-corrected chi connectivity index (χ1v) is 3.70. The van der Waals surface area contributed by atoms with Crippen LogP contribution in [0, 0.1) is 0 Å². The van der Waals surface area contributed by atoms with Crippen molar-refractivity contribution in [1.29, 1.82) is 0 Å². The highest BCUT2D eigenvalue weighted by atomic mass is 15.4. The van der Waals surface area contributed by atoms with Crippen molar-refractivity contribution < 1.29 is 0 Å². The number of aromatic nitrogens is 3. The number of nitrogens with zero attached hydrogens (tertiary/aromatic N) is 3.